The summed E-state index contributed by atoms with van der Waals surface area (Å²) in [6.07, 6.45) is 0. The van der Waals surface area contributed by atoms with Crippen LogP contribution >= 0.6 is 25.0 Å². The lowest BCUT2D eigenvalue weighted by Crippen LogP contribution is -1.98. The summed E-state index contributed by atoms with van der Waals surface area (Å²) >= 11 is 3.78. The number of hydrogen-bond acceptors (Lipinski definition) is 6. The minimum absolute atomic E-state index is 0. The predicted octanol–water partition coefficient (Wildman–Crippen LogP) is 1.80. The molecule has 0 aliphatic rings. The maximum absolute atomic E-state index is 10.4. The van der Waals surface area contributed by atoms with Crippen molar-refractivity contribution in [2.45, 2.75) is 4.90 Å². The van der Waals surface area contributed by atoms with E-state index in [2.05, 4.69) is 12.6 Å². The number of anilines is 1. The first-order chi connectivity index (χ1) is 6.43. The largest absolute Gasteiger partial charge is 0.393 e. The van der Waals surface area contributed by atoms with Crippen LogP contribution in [0.25, 0.3) is 0 Å². The molecule has 1 rings (SSSR count). The van der Waals surface area contributed by atoms with Crippen molar-refractivity contribution in [3.63, 3.8) is 0 Å². The fraction of sp³-hybridized carbons (Fsp3) is 0. The third-order valence-corrected chi connectivity index (χ3v) is 1.88. The molecule has 0 radical (unpaired) electrons. The number of hydrogen-bond donors (Lipinski definition) is 2. The van der Waals surface area contributed by atoms with E-state index >= 15 is 0 Å². The molecule has 0 unspecified atom stereocenters. The highest BCUT2D eigenvalue weighted by Crippen LogP contribution is 2.32. The molecule has 0 aromatic heterocycles. The third-order valence-electron chi connectivity index (χ3n) is 1.52. The number of halogens is 1. The second kappa shape index (κ2) is 4.80. The van der Waals surface area contributed by atoms with Crippen LogP contribution in [0.15, 0.2) is 17.0 Å². The van der Waals surface area contributed by atoms with E-state index in [0.29, 0.717) is 0 Å². The number of nitrogen functional groups attached to an aromatic ring is 1. The zero-order valence-electron chi connectivity index (χ0n) is 7.11. The van der Waals surface area contributed by atoms with E-state index < -0.39 is 21.2 Å². The molecule has 0 saturated heterocycles. The first-order valence-corrected chi connectivity index (χ1v) is 3.79. The first-order valence-electron chi connectivity index (χ1n) is 3.34. The standard InChI is InChI=1S/C6H5N3O4S.ClH/c7-3-1-6(14)5(9(12)13)2-4(3)8(10)11;/h1-2,14H,7H2;1H. The van der Waals surface area contributed by atoms with Gasteiger partial charge in [0.15, 0.2) is 0 Å². The third kappa shape index (κ3) is 2.70. The summed E-state index contributed by atoms with van der Waals surface area (Å²) < 4.78 is 0. The van der Waals surface area contributed by atoms with Crippen molar-refractivity contribution in [2.75, 3.05) is 5.73 Å². The van der Waals surface area contributed by atoms with Crippen LogP contribution < -0.4 is 5.73 Å². The SMILES string of the molecule is Cl.Nc1cc(S)c([N+](=O)[O-])cc1[N+](=O)[O-]. The van der Waals surface area contributed by atoms with Crippen molar-refractivity contribution in [2.24, 2.45) is 0 Å². The molecule has 0 aliphatic heterocycles. The highest BCUT2D eigenvalue weighted by Gasteiger charge is 2.21. The van der Waals surface area contributed by atoms with Crippen LogP contribution in [0.1, 0.15) is 0 Å². The summed E-state index contributed by atoms with van der Waals surface area (Å²) in [5, 5.41) is 20.8. The number of nitro groups is 2. The summed E-state index contributed by atoms with van der Waals surface area (Å²) in [6, 6.07) is 1.87. The Labute approximate surface area is 95.4 Å². The molecule has 1 aromatic carbocycles. The van der Waals surface area contributed by atoms with Crippen molar-refractivity contribution in [3.05, 3.63) is 32.4 Å². The molecule has 0 spiro atoms. The van der Waals surface area contributed by atoms with Crippen LogP contribution in [-0.2, 0) is 0 Å². The zero-order chi connectivity index (χ0) is 10.9. The average molecular weight is 252 g/mol. The van der Waals surface area contributed by atoms with E-state index in [1.165, 1.54) is 0 Å². The van der Waals surface area contributed by atoms with Crippen molar-refractivity contribution in [1.29, 1.82) is 0 Å². The van der Waals surface area contributed by atoms with Crippen LogP contribution in [0.3, 0.4) is 0 Å². The number of nitrogens with zero attached hydrogens (tertiary/aromatic N) is 2. The number of thiol groups is 1. The summed E-state index contributed by atoms with van der Waals surface area (Å²) in [6.45, 7) is 0. The Bertz CT molecular complexity index is 390. The second-order valence-electron chi connectivity index (χ2n) is 2.41. The zero-order valence-corrected chi connectivity index (χ0v) is 8.83. The van der Waals surface area contributed by atoms with Crippen LogP contribution in [0.4, 0.5) is 17.1 Å². The van der Waals surface area contributed by atoms with E-state index in [1.54, 1.807) is 0 Å². The van der Waals surface area contributed by atoms with Crippen molar-refractivity contribution in [1.82, 2.24) is 0 Å². The number of nitrogens with two attached hydrogens (primary N) is 1. The molecule has 0 atom stereocenters. The molecule has 0 bridgehead atoms. The van der Waals surface area contributed by atoms with Gasteiger partial charge in [0.25, 0.3) is 11.4 Å². The highest BCUT2D eigenvalue weighted by atomic mass is 35.5. The summed E-state index contributed by atoms with van der Waals surface area (Å²) in [5.41, 5.74) is 4.20. The molecular weight excluding hydrogens is 246 g/mol. The van der Waals surface area contributed by atoms with E-state index in [1.807, 2.05) is 0 Å². The summed E-state index contributed by atoms with van der Waals surface area (Å²) in [4.78, 5) is 19.2. The second-order valence-corrected chi connectivity index (χ2v) is 2.90. The molecule has 7 nitrogen and oxygen atoms in total. The van der Waals surface area contributed by atoms with E-state index in [9.17, 15) is 20.2 Å². The number of nitro benzene ring substituents is 2. The molecule has 9 heteroatoms. The van der Waals surface area contributed by atoms with Gasteiger partial charge in [-0.05, 0) is 6.07 Å². The molecule has 15 heavy (non-hydrogen) atoms. The molecule has 0 aliphatic carbocycles. The molecule has 82 valence electrons. The van der Waals surface area contributed by atoms with Crippen molar-refractivity contribution < 1.29 is 9.85 Å². The summed E-state index contributed by atoms with van der Waals surface area (Å²) in [5.74, 6) is 0. The Morgan fingerprint density at radius 2 is 1.60 bits per heavy atom. The lowest BCUT2D eigenvalue weighted by Gasteiger charge is -1.99. The average Bonchev–Trinajstić information content (AvgIpc) is 2.02. The Hall–Kier alpha value is -1.54. The maximum atomic E-state index is 10.4. The fourth-order valence-corrected chi connectivity index (χ4v) is 1.17. The van der Waals surface area contributed by atoms with Gasteiger partial charge in [-0.1, -0.05) is 0 Å². The lowest BCUT2D eigenvalue weighted by molar-refractivity contribution is -0.395. The van der Waals surface area contributed by atoms with Gasteiger partial charge in [-0.25, -0.2) is 0 Å². The minimum atomic E-state index is -0.782. The van der Waals surface area contributed by atoms with E-state index in [0.717, 1.165) is 12.1 Å². The quantitative estimate of drug-likeness (QED) is 0.360. The van der Waals surface area contributed by atoms with Gasteiger partial charge in [0.1, 0.15) is 5.69 Å². The molecule has 2 N–H and O–H groups in total. The normalized spacial score (nSPS) is 9.13. The van der Waals surface area contributed by atoms with Crippen LogP contribution in [0.5, 0.6) is 0 Å². The monoisotopic (exact) mass is 251 g/mol. The van der Waals surface area contributed by atoms with Gasteiger partial charge in [-0.3, -0.25) is 20.2 Å². The Kier molecular flexibility index (Phi) is 4.31. The summed E-state index contributed by atoms with van der Waals surface area (Å²) in [7, 11) is 0. The lowest BCUT2D eigenvalue weighted by atomic mass is 10.2. The number of benzene rings is 1. The van der Waals surface area contributed by atoms with E-state index in [4.69, 9.17) is 5.73 Å². The van der Waals surface area contributed by atoms with Gasteiger partial charge in [0.05, 0.1) is 20.8 Å². The Morgan fingerprint density at radius 1 is 1.13 bits per heavy atom. The van der Waals surface area contributed by atoms with Crippen molar-refractivity contribution >= 4 is 42.1 Å². The van der Waals surface area contributed by atoms with Crippen LogP contribution in [0.2, 0.25) is 0 Å². The van der Waals surface area contributed by atoms with Gasteiger partial charge in [-0.2, -0.15) is 0 Å². The Morgan fingerprint density at radius 3 is 2.00 bits per heavy atom. The van der Waals surface area contributed by atoms with Gasteiger partial charge in [0, 0.05) is 0 Å². The maximum Gasteiger partial charge on any atom is 0.299 e. The van der Waals surface area contributed by atoms with Gasteiger partial charge >= 0.3 is 0 Å². The fourth-order valence-electron chi connectivity index (χ4n) is 0.886. The van der Waals surface area contributed by atoms with E-state index in [-0.39, 0.29) is 23.0 Å². The minimum Gasteiger partial charge on any atom is -0.393 e. The Balaban J connectivity index is 0.00000196. The highest BCUT2D eigenvalue weighted by molar-refractivity contribution is 7.80. The van der Waals surface area contributed by atoms with Crippen LogP contribution in [-0.4, -0.2) is 9.85 Å². The first kappa shape index (κ1) is 13.5. The topological polar surface area (TPSA) is 112 Å². The molecular formula is C6H6ClN3O4S. The molecule has 0 heterocycles. The van der Waals surface area contributed by atoms with Crippen LogP contribution in [0, 0.1) is 20.2 Å². The molecule has 0 amide bonds. The molecule has 1 aromatic rings. The smallest absolute Gasteiger partial charge is 0.299 e. The van der Waals surface area contributed by atoms with Gasteiger partial charge < -0.3 is 5.73 Å². The predicted molar refractivity (Wildman–Crippen MR) is 58.7 cm³/mol. The van der Waals surface area contributed by atoms with Gasteiger partial charge in [0.2, 0.25) is 0 Å². The van der Waals surface area contributed by atoms with Gasteiger partial charge in [-0.15, -0.1) is 25.0 Å². The molecule has 0 saturated carbocycles. The molecule has 0 fully saturated rings. The van der Waals surface area contributed by atoms with Crippen molar-refractivity contribution in [3.8, 4) is 0 Å². The number of rotatable bonds is 2.